The normalized spacial score (nSPS) is 14.9. The maximum absolute atomic E-state index is 14.0. The molecule has 1 aliphatic rings. The standard InChI is InChI=1S/C20H14FNO4S/c21-17-10-16-12-22-27(24,25)26-20(16)18(11-17)13-6-8-15(9-7-13)19(23)14-4-2-1-3-5-14/h1-11,22H,12H2. The van der Waals surface area contributed by atoms with E-state index < -0.39 is 16.1 Å². The second-order valence-electron chi connectivity index (χ2n) is 6.07. The number of fused-ring (bicyclic) bond motifs is 1. The van der Waals surface area contributed by atoms with Crippen LogP contribution in [-0.4, -0.2) is 14.2 Å². The molecule has 5 nitrogen and oxygen atoms in total. The van der Waals surface area contributed by atoms with Crippen molar-refractivity contribution in [3.05, 3.63) is 89.2 Å². The van der Waals surface area contributed by atoms with Gasteiger partial charge in [-0.15, -0.1) is 0 Å². The van der Waals surface area contributed by atoms with Crippen molar-refractivity contribution in [1.29, 1.82) is 0 Å². The van der Waals surface area contributed by atoms with Gasteiger partial charge in [0.2, 0.25) is 0 Å². The molecular weight excluding hydrogens is 369 g/mol. The van der Waals surface area contributed by atoms with E-state index in [1.165, 1.54) is 12.1 Å². The molecule has 1 aliphatic heterocycles. The molecule has 3 aromatic carbocycles. The third kappa shape index (κ3) is 3.47. The quantitative estimate of drug-likeness (QED) is 0.703. The van der Waals surface area contributed by atoms with E-state index in [0.29, 0.717) is 27.8 Å². The van der Waals surface area contributed by atoms with Gasteiger partial charge in [0.05, 0.1) is 0 Å². The van der Waals surface area contributed by atoms with Crippen molar-refractivity contribution in [3.8, 4) is 16.9 Å². The highest BCUT2D eigenvalue weighted by molar-refractivity contribution is 7.85. The molecule has 0 bridgehead atoms. The van der Waals surface area contributed by atoms with Crippen molar-refractivity contribution >= 4 is 16.1 Å². The summed E-state index contributed by atoms with van der Waals surface area (Å²) in [4.78, 5) is 12.5. The molecule has 27 heavy (non-hydrogen) atoms. The molecule has 7 heteroatoms. The number of ketones is 1. The third-order valence-corrected chi connectivity index (χ3v) is 5.14. The summed E-state index contributed by atoms with van der Waals surface area (Å²) in [6, 6.07) is 17.8. The van der Waals surface area contributed by atoms with Gasteiger partial charge in [0.1, 0.15) is 5.82 Å². The van der Waals surface area contributed by atoms with Crippen LogP contribution >= 0.6 is 0 Å². The van der Waals surface area contributed by atoms with E-state index in [0.717, 1.165) is 0 Å². The molecule has 0 radical (unpaired) electrons. The Kier molecular flexibility index (Phi) is 4.25. The fraction of sp³-hybridized carbons (Fsp3) is 0.0500. The zero-order valence-electron chi connectivity index (χ0n) is 14.0. The topological polar surface area (TPSA) is 72.5 Å². The third-order valence-electron chi connectivity index (χ3n) is 4.26. The fourth-order valence-electron chi connectivity index (χ4n) is 2.96. The molecule has 0 aliphatic carbocycles. The van der Waals surface area contributed by atoms with Gasteiger partial charge in [0.15, 0.2) is 11.5 Å². The van der Waals surface area contributed by atoms with Crippen molar-refractivity contribution in [3.63, 3.8) is 0 Å². The van der Waals surface area contributed by atoms with Crippen LogP contribution in [0.1, 0.15) is 21.5 Å². The molecule has 4 rings (SSSR count). The highest BCUT2D eigenvalue weighted by Gasteiger charge is 2.26. The second-order valence-corrected chi connectivity index (χ2v) is 7.44. The molecule has 0 atom stereocenters. The lowest BCUT2D eigenvalue weighted by Crippen LogP contribution is -2.32. The summed E-state index contributed by atoms with van der Waals surface area (Å²) in [5.74, 6) is -0.540. The Labute approximate surface area is 155 Å². The highest BCUT2D eigenvalue weighted by Crippen LogP contribution is 2.37. The molecule has 0 amide bonds. The maximum Gasteiger partial charge on any atom is 0.382 e. The Morgan fingerprint density at radius 3 is 2.33 bits per heavy atom. The number of carbonyl (C=O) groups is 1. The number of nitrogens with one attached hydrogen (secondary N) is 1. The molecule has 0 aromatic heterocycles. The first kappa shape index (κ1) is 17.4. The zero-order valence-corrected chi connectivity index (χ0v) is 14.8. The van der Waals surface area contributed by atoms with Crippen LogP contribution in [0.4, 0.5) is 4.39 Å². The average Bonchev–Trinajstić information content (AvgIpc) is 2.68. The van der Waals surface area contributed by atoms with Crippen LogP contribution in [0.15, 0.2) is 66.7 Å². The largest absolute Gasteiger partial charge is 0.382 e. The van der Waals surface area contributed by atoms with Crippen LogP contribution < -0.4 is 8.91 Å². The van der Waals surface area contributed by atoms with Gasteiger partial charge in [-0.2, -0.15) is 13.1 Å². The summed E-state index contributed by atoms with van der Waals surface area (Å²) >= 11 is 0. The first-order valence-electron chi connectivity index (χ1n) is 8.15. The summed E-state index contributed by atoms with van der Waals surface area (Å²) in [6.07, 6.45) is 0. The maximum atomic E-state index is 14.0. The number of benzene rings is 3. The molecule has 0 saturated heterocycles. The number of hydrogen-bond acceptors (Lipinski definition) is 4. The molecule has 1 heterocycles. The van der Waals surface area contributed by atoms with Crippen LogP contribution in [0, 0.1) is 5.82 Å². The van der Waals surface area contributed by atoms with Gasteiger partial charge < -0.3 is 4.18 Å². The predicted octanol–water partition coefficient (Wildman–Crippen LogP) is 3.45. The molecule has 0 fully saturated rings. The van der Waals surface area contributed by atoms with E-state index in [9.17, 15) is 17.6 Å². The van der Waals surface area contributed by atoms with Crippen molar-refractivity contribution in [2.24, 2.45) is 0 Å². The van der Waals surface area contributed by atoms with Crippen LogP contribution in [0.25, 0.3) is 11.1 Å². The van der Waals surface area contributed by atoms with E-state index in [1.54, 1.807) is 48.5 Å². The number of rotatable bonds is 3. The Morgan fingerprint density at radius 1 is 0.963 bits per heavy atom. The Morgan fingerprint density at radius 2 is 1.63 bits per heavy atom. The van der Waals surface area contributed by atoms with Crippen molar-refractivity contribution < 1.29 is 21.8 Å². The molecule has 0 spiro atoms. The SMILES string of the molecule is O=C(c1ccccc1)c1ccc(-c2cc(F)cc3c2OS(=O)(=O)NC3)cc1. The van der Waals surface area contributed by atoms with Crippen LogP contribution in [0.5, 0.6) is 5.75 Å². The van der Waals surface area contributed by atoms with Gasteiger partial charge in [-0.25, -0.2) is 4.39 Å². The van der Waals surface area contributed by atoms with Crippen molar-refractivity contribution in [2.45, 2.75) is 6.54 Å². The minimum atomic E-state index is -3.92. The van der Waals surface area contributed by atoms with Gasteiger partial charge in [0.25, 0.3) is 0 Å². The summed E-state index contributed by atoms with van der Waals surface area (Å²) in [7, 11) is -3.92. The molecule has 1 N–H and O–H groups in total. The van der Waals surface area contributed by atoms with E-state index in [4.69, 9.17) is 4.18 Å². The van der Waals surface area contributed by atoms with Gasteiger partial charge in [0, 0.05) is 28.8 Å². The summed E-state index contributed by atoms with van der Waals surface area (Å²) in [5, 5.41) is 0. The minimum absolute atomic E-state index is 0.0486. The summed E-state index contributed by atoms with van der Waals surface area (Å²) in [6.45, 7) is -0.0486. The van der Waals surface area contributed by atoms with E-state index in [-0.39, 0.29) is 18.1 Å². The van der Waals surface area contributed by atoms with Crippen LogP contribution in [0.2, 0.25) is 0 Å². The molecule has 3 aromatic rings. The number of halogens is 1. The highest BCUT2D eigenvalue weighted by atomic mass is 32.2. The fourth-order valence-corrected chi connectivity index (χ4v) is 3.76. The first-order chi connectivity index (χ1) is 12.9. The molecule has 136 valence electrons. The van der Waals surface area contributed by atoms with Crippen molar-refractivity contribution in [1.82, 2.24) is 4.72 Å². The van der Waals surface area contributed by atoms with Gasteiger partial charge in [-0.05, 0) is 17.7 Å². The molecule has 0 unspecified atom stereocenters. The molecular formula is C20H14FNO4S. The van der Waals surface area contributed by atoms with E-state index >= 15 is 0 Å². The second kappa shape index (κ2) is 6.61. The predicted molar refractivity (Wildman–Crippen MR) is 98.1 cm³/mol. The number of carbonyl (C=O) groups excluding carboxylic acids is 1. The summed E-state index contributed by atoms with van der Waals surface area (Å²) in [5.41, 5.74) is 2.31. The lowest BCUT2D eigenvalue weighted by molar-refractivity contribution is 0.103. The average molecular weight is 383 g/mol. The van der Waals surface area contributed by atoms with E-state index in [1.807, 2.05) is 6.07 Å². The minimum Gasteiger partial charge on any atom is -0.370 e. The van der Waals surface area contributed by atoms with E-state index in [2.05, 4.69) is 4.72 Å². The Hall–Kier alpha value is -3.03. The summed E-state index contributed by atoms with van der Waals surface area (Å²) < 4.78 is 44.6. The monoisotopic (exact) mass is 383 g/mol. The smallest absolute Gasteiger partial charge is 0.370 e. The van der Waals surface area contributed by atoms with Crippen LogP contribution in [-0.2, 0) is 16.8 Å². The lowest BCUT2D eigenvalue weighted by atomic mass is 9.97. The Bertz CT molecular complexity index is 1130. The van der Waals surface area contributed by atoms with Crippen LogP contribution in [0.3, 0.4) is 0 Å². The zero-order chi connectivity index (χ0) is 19.0. The van der Waals surface area contributed by atoms with Gasteiger partial charge >= 0.3 is 10.3 Å². The van der Waals surface area contributed by atoms with Gasteiger partial charge in [-0.3, -0.25) is 4.79 Å². The lowest BCUT2D eigenvalue weighted by Gasteiger charge is -2.21. The van der Waals surface area contributed by atoms with Crippen molar-refractivity contribution in [2.75, 3.05) is 0 Å². The first-order valence-corrected chi connectivity index (χ1v) is 9.55. The molecule has 0 saturated carbocycles. The van der Waals surface area contributed by atoms with Gasteiger partial charge in [-0.1, -0.05) is 54.6 Å². The number of hydrogen-bond donors (Lipinski definition) is 1. The Balaban J connectivity index is 1.73.